The van der Waals surface area contributed by atoms with Gasteiger partial charge in [-0.25, -0.2) is 8.78 Å². The van der Waals surface area contributed by atoms with Gasteiger partial charge in [0.2, 0.25) is 0 Å². The Morgan fingerprint density at radius 2 is 2.00 bits per heavy atom. The quantitative estimate of drug-likeness (QED) is 0.629. The van der Waals surface area contributed by atoms with Crippen LogP contribution in [0.4, 0.5) is 14.5 Å². The second-order valence-electron chi connectivity index (χ2n) is 5.63. The van der Waals surface area contributed by atoms with Gasteiger partial charge in [0.25, 0.3) is 5.92 Å². The second-order valence-corrected chi connectivity index (χ2v) is 5.63. The van der Waals surface area contributed by atoms with Crippen molar-refractivity contribution in [2.45, 2.75) is 47.0 Å². The molecule has 0 bridgehead atoms. The molecule has 0 aliphatic carbocycles. The minimum Gasteiger partial charge on any atom is -0.496 e. The zero-order valence-corrected chi connectivity index (χ0v) is 15.2. The van der Waals surface area contributed by atoms with Crippen LogP contribution in [0.1, 0.15) is 46.6 Å². The predicted molar refractivity (Wildman–Crippen MR) is 97.1 cm³/mol. The van der Waals surface area contributed by atoms with Crippen molar-refractivity contribution in [2.24, 2.45) is 4.99 Å². The van der Waals surface area contributed by atoms with Crippen LogP contribution in [-0.4, -0.2) is 12.8 Å². The zero-order valence-electron chi connectivity index (χ0n) is 15.2. The molecule has 0 fully saturated rings. The van der Waals surface area contributed by atoms with Crippen molar-refractivity contribution in [3.63, 3.8) is 0 Å². The molecule has 1 aromatic carbocycles. The Hall–Kier alpha value is -2.17. The van der Waals surface area contributed by atoms with E-state index in [2.05, 4.69) is 17.2 Å². The van der Waals surface area contributed by atoms with Crippen molar-refractivity contribution in [1.29, 1.82) is 0 Å². The van der Waals surface area contributed by atoms with E-state index in [1.165, 1.54) is 13.2 Å². The molecule has 3 nitrogen and oxygen atoms in total. The third-order valence-electron chi connectivity index (χ3n) is 3.68. The van der Waals surface area contributed by atoms with E-state index in [0.29, 0.717) is 5.69 Å². The molecule has 0 saturated carbocycles. The predicted octanol–water partition coefficient (Wildman–Crippen LogP) is 5.90. The van der Waals surface area contributed by atoms with Gasteiger partial charge >= 0.3 is 0 Å². The number of methoxy groups -OCH3 is 1. The third-order valence-corrected chi connectivity index (χ3v) is 3.68. The van der Waals surface area contributed by atoms with Gasteiger partial charge in [-0.15, -0.1) is 0 Å². The number of halogens is 2. The molecule has 1 N–H and O–H groups in total. The van der Waals surface area contributed by atoms with Crippen molar-refractivity contribution >= 4 is 11.4 Å². The molecular formula is C19H26F2N2O. The summed E-state index contributed by atoms with van der Waals surface area (Å²) in [7, 11) is 1.39. The standard InChI is InChI=1S/C19H26F2N2O/c1-7-11-22-14(4)18(13(3)8-2)23-15-9-10-16(19(5,20)21)17(12-15)24-6/h7,9-12,23H,8H2,1-6H3/b11-7-,18-13-,22-14+. The maximum Gasteiger partial charge on any atom is 0.274 e. The van der Waals surface area contributed by atoms with Crippen molar-refractivity contribution < 1.29 is 13.5 Å². The minimum absolute atomic E-state index is 0.132. The molecule has 0 aliphatic rings. The van der Waals surface area contributed by atoms with Crippen molar-refractivity contribution in [2.75, 3.05) is 12.4 Å². The van der Waals surface area contributed by atoms with Gasteiger partial charge in [0, 0.05) is 24.9 Å². The number of benzene rings is 1. The summed E-state index contributed by atoms with van der Waals surface area (Å²) in [5.74, 6) is -2.80. The number of aliphatic imine (C=N–C) groups is 1. The monoisotopic (exact) mass is 336 g/mol. The molecule has 132 valence electrons. The molecule has 0 spiro atoms. The molecule has 0 heterocycles. The highest BCUT2D eigenvalue weighted by Crippen LogP contribution is 2.36. The normalized spacial score (nSPS) is 13.9. The number of anilines is 1. The second kappa shape index (κ2) is 8.62. The van der Waals surface area contributed by atoms with Gasteiger partial charge in [-0.1, -0.05) is 13.0 Å². The zero-order chi connectivity index (χ0) is 18.3. The number of rotatable bonds is 7. The van der Waals surface area contributed by atoms with E-state index >= 15 is 0 Å². The third kappa shape index (κ3) is 5.18. The van der Waals surface area contributed by atoms with Crippen LogP contribution in [0.25, 0.3) is 0 Å². The number of ether oxygens (including phenoxy) is 1. The lowest BCUT2D eigenvalue weighted by atomic mass is 10.1. The Kier molecular flexibility index (Phi) is 7.14. The van der Waals surface area contributed by atoms with Crippen LogP contribution < -0.4 is 10.1 Å². The Bertz CT molecular complexity index is 656. The summed E-state index contributed by atoms with van der Waals surface area (Å²) in [4.78, 5) is 4.37. The van der Waals surface area contributed by atoms with Crippen LogP contribution in [-0.2, 0) is 5.92 Å². The summed E-state index contributed by atoms with van der Waals surface area (Å²) in [6.45, 7) is 8.74. The summed E-state index contributed by atoms with van der Waals surface area (Å²) < 4.78 is 32.3. The fourth-order valence-corrected chi connectivity index (χ4v) is 2.21. The highest BCUT2D eigenvalue weighted by atomic mass is 19.3. The maximum absolute atomic E-state index is 13.6. The van der Waals surface area contributed by atoms with Gasteiger partial charge in [-0.05, 0) is 44.9 Å². The lowest BCUT2D eigenvalue weighted by Crippen LogP contribution is -2.13. The first-order chi connectivity index (χ1) is 11.2. The van der Waals surface area contributed by atoms with Gasteiger partial charge in [0.15, 0.2) is 0 Å². The number of hydrogen-bond donors (Lipinski definition) is 1. The molecule has 0 saturated heterocycles. The van der Waals surface area contributed by atoms with Crippen LogP contribution >= 0.6 is 0 Å². The SMILES string of the molecule is C\C=C/N=C(C)/C(Nc1ccc(C(C)(F)F)c(OC)c1)=C(\C)CC. The van der Waals surface area contributed by atoms with E-state index in [-0.39, 0.29) is 11.3 Å². The van der Waals surface area contributed by atoms with Gasteiger partial charge in [0.1, 0.15) is 5.75 Å². The topological polar surface area (TPSA) is 33.6 Å². The van der Waals surface area contributed by atoms with E-state index in [9.17, 15) is 8.78 Å². The van der Waals surface area contributed by atoms with Gasteiger partial charge in [-0.3, -0.25) is 4.99 Å². The number of alkyl halides is 2. The summed E-state index contributed by atoms with van der Waals surface area (Å²) in [6, 6.07) is 4.60. The first-order valence-corrected chi connectivity index (χ1v) is 7.93. The van der Waals surface area contributed by atoms with E-state index in [1.807, 2.05) is 26.8 Å². The Morgan fingerprint density at radius 3 is 2.50 bits per heavy atom. The van der Waals surface area contributed by atoms with E-state index < -0.39 is 5.92 Å². The molecule has 0 unspecified atom stereocenters. The Labute approximate surface area is 143 Å². The first kappa shape index (κ1) is 19.9. The summed E-state index contributed by atoms with van der Waals surface area (Å²) in [5, 5.41) is 3.28. The molecule has 0 aliphatic heterocycles. The number of allylic oxidation sites excluding steroid dienone is 3. The maximum atomic E-state index is 13.6. The lowest BCUT2D eigenvalue weighted by Gasteiger charge is -2.18. The largest absolute Gasteiger partial charge is 0.496 e. The molecule has 0 radical (unpaired) electrons. The van der Waals surface area contributed by atoms with Crippen molar-refractivity contribution in [3.8, 4) is 5.75 Å². The van der Waals surface area contributed by atoms with E-state index in [1.54, 1.807) is 18.3 Å². The smallest absolute Gasteiger partial charge is 0.274 e. The molecule has 0 atom stereocenters. The lowest BCUT2D eigenvalue weighted by molar-refractivity contribution is 0.0151. The van der Waals surface area contributed by atoms with E-state index in [4.69, 9.17) is 4.74 Å². The van der Waals surface area contributed by atoms with Crippen LogP contribution in [0.15, 0.2) is 46.7 Å². The molecular weight excluding hydrogens is 310 g/mol. The van der Waals surface area contributed by atoms with Crippen LogP contribution in [0.5, 0.6) is 5.75 Å². The van der Waals surface area contributed by atoms with E-state index in [0.717, 1.165) is 30.3 Å². The number of nitrogens with one attached hydrogen (secondary N) is 1. The summed E-state index contributed by atoms with van der Waals surface area (Å²) in [6.07, 6.45) is 4.43. The number of hydrogen-bond acceptors (Lipinski definition) is 3. The average Bonchev–Trinajstić information content (AvgIpc) is 2.55. The van der Waals surface area contributed by atoms with Crippen molar-refractivity contribution in [3.05, 3.63) is 47.3 Å². The fourth-order valence-electron chi connectivity index (χ4n) is 2.21. The summed E-state index contributed by atoms with van der Waals surface area (Å²) >= 11 is 0. The molecule has 1 aromatic rings. The fraction of sp³-hybridized carbons (Fsp3) is 0.421. The highest BCUT2D eigenvalue weighted by molar-refractivity contribution is 6.01. The first-order valence-electron chi connectivity index (χ1n) is 7.93. The Morgan fingerprint density at radius 1 is 1.33 bits per heavy atom. The highest BCUT2D eigenvalue weighted by Gasteiger charge is 2.28. The number of nitrogens with zero attached hydrogens (tertiary/aromatic N) is 1. The summed E-state index contributed by atoms with van der Waals surface area (Å²) in [5.41, 5.74) is 3.39. The molecule has 5 heteroatoms. The minimum atomic E-state index is -2.95. The van der Waals surface area contributed by atoms with Gasteiger partial charge in [0.05, 0.1) is 24.1 Å². The molecule has 1 rings (SSSR count). The van der Waals surface area contributed by atoms with Crippen LogP contribution in [0.3, 0.4) is 0 Å². The average molecular weight is 336 g/mol. The van der Waals surface area contributed by atoms with Gasteiger partial charge < -0.3 is 10.1 Å². The molecule has 0 aromatic heterocycles. The molecule has 24 heavy (non-hydrogen) atoms. The van der Waals surface area contributed by atoms with Gasteiger partial charge in [-0.2, -0.15) is 0 Å². The van der Waals surface area contributed by atoms with Crippen molar-refractivity contribution in [1.82, 2.24) is 0 Å². The van der Waals surface area contributed by atoms with Crippen LogP contribution in [0, 0.1) is 0 Å². The Balaban J connectivity index is 3.26. The molecule has 0 amide bonds. The van der Waals surface area contributed by atoms with Crippen LogP contribution in [0.2, 0.25) is 0 Å².